The molecule has 0 aromatic heterocycles. The topological polar surface area (TPSA) is 49.4 Å². The van der Waals surface area contributed by atoms with Gasteiger partial charge in [0.1, 0.15) is 0 Å². The Hall–Kier alpha value is -3.61. The Kier molecular flexibility index (Phi) is 8.87. The molecule has 0 unspecified atom stereocenters. The van der Waals surface area contributed by atoms with Gasteiger partial charge in [0.05, 0.1) is 11.0 Å². The van der Waals surface area contributed by atoms with Crippen LogP contribution in [-0.2, 0) is 35.0 Å². The number of piperidine rings is 1. The Morgan fingerprint density at radius 2 is 1.39 bits per heavy atom. The summed E-state index contributed by atoms with van der Waals surface area (Å²) < 4.78 is 39.1. The molecular weight excluding hydrogens is 489 g/mol. The lowest BCUT2D eigenvalue weighted by Crippen LogP contribution is -2.51. The Bertz CT molecular complexity index is 1200. The highest BCUT2D eigenvalue weighted by Gasteiger charge is 2.42. The van der Waals surface area contributed by atoms with Crippen molar-refractivity contribution in [1.82, 2.24) is 10.2 Å². The SMILES string of the molecule is O=C(CCc1ccccc1)N1CCC(Cc2ccccc2)(C(=O)NCCc2cccc(C(F)(F)F)c2)CC1. The number of hydrogen-bond donors (Lipinski definition) is 1. The van der Waals surface area contributed by atoms with Crippen LogP contribution < -0.4 is 5.32 Å². The summed E-state index contributed by atoms with van der Waals surface area (Å²) in [4.78, 5) is 28.3. The van der Waals surface area contributed by atoms with Crippen LogP contribution in [0.2, 0.25) is 0 Å². The molecule has 0 spiro atoms. The summed E-state index contributed by atoms with van der Waals surface area (Å²) in [6, 6.07) is 24.9. The van der Waals surface area contributed by atoms with Crippen molar-refractivity contribution in [3.63, 3.8) is 0 Å². The molecule has 1 aliphatic rings. The summed E-state index contributed by atoms with van der Waals surface area (Å²) in [5.74, 6) is -0.0168. The molecule has 2 amide bonds. The van der Waals surface area contributed by atoms with Crippen molar-refractivity contribution < 1.29 is 22.8 Å². The first-order valence-electron chi connectivity index (χ1n) is 13.1. The van der Waals surface area contributed by atoms with Crippen molar-refractivity contribution in [1.29, 1.82) is 0 Å². The van der Waals surface area contributed by atoms with E-state index in [0.29, 0.717) is 57.2 Å². The van der Waals surface area contributed by atoms with Gasteiger partial charge in [0.25, 0.3) is 0 Å². The molecule has 0 aliphatic carbocycles. The van der Waals surface area contributed by atoms with Crippen LogP contribution in [-0.4, -0.2) is 36.3 Å². The summed E-state index contributed by atoms with van der Waals surface area (Å²) >= 11 is 0. The van der Waals surface area contributed by atoms with Gasteiger partial charge in [0.2, 0.25) is 11.8 Å². The first kappa shape index (κ1) is 27.4. The summed E-state index contributed by atoms with van der Waals surface area (Å²) in [6.07, 6.45) is -1.36. The Morgan fingerprint density at radius 1 is 0.789 bits per heavy atom. The van der Waals surface area contributed by atoms with Gasteiger partial charge in [-0.15, -0.1) is 0 Å². The summed E-state index contributed by atoms with van der Waals surface area (Å²) in [7, 11) is 0. The van der Waals surface area contributed by atoms with Gasteiger partial charge >= 0.3 is 6.18 Å². The molecule has 4 nitrogen and oxygen atoms in total. The van der Waals surface area contributed by atoms with E-state index in [2.05, 4.69) is 5.32 Å². The second-order valence-electron chi connectivity index (χ2n) is 10.0. The third-order valence-electron chi connectivity index (χ3n) is 7.36. The molecular formula is C31H33F3N2O2. The second kappa shape index (κ2) is 12.3. The van der Waals surface area contributed by atoms with E-state index in [1.165, 1.54) is 6.07 Å². The van der Waals surface area contributed by atoms with E-state index >= 15 is 0 Å². The van der Waals surface area contributed by atoms with Crippen molar-refractivity contribution in [2.24, 2.45) is 5.41 Å². The van der Waals surface area contributed by atoms with E-state index in [4.69, 9.17) is 0 Å². The predicted molar refractivity (Wildman–Crippen MR) is 141 cm³/mol. The van der Waals surface area contributed by atoms with E-state index in [-0.39, 0.29) is 18.4 Å². The lowest BCUT2D eigenvalue weighted by atomic mass is 9.72. The van der Waals surface area contributed by atoms with Gasteiger partial charge in [-0.3, -0.25) is 9.59 Å². The zero-order valence-electron chi connectivity index (χ0n) is 21.3. The number of carbonyl (C=O) groups is 2. The smallest absolute Gasteiger partial charge is 0.355 e. The van der Waals surface area contributed by atoms with Crippen LogP contribution >= 0.6 is 0 Å². The van der Waals surface area contributed by atoms with E-state index in [1.807, 2.05) is 65.6 Å². The maximum Gasteiger partial charge on any atom is 0.416 e. The minimum atomic E-state index is -4.40. The van der Waals surface area contributed by atoms with Crippen molar-refractivity contribution in [2.75, 3.05) is 19.6 Å². The van der Waals surface area contributed by atoms with Crippen molar-refractivity contribution in [2.45, 2.75) is 44.7 Å². The highest BCUT2D eigenvalue weighted by Crippen LogP contribution is 2.36. The van der Waals surface area contributed by atoms with Crippen molar-refractivity contribution in [3.8, 4) is 0 Å². The number of amides is 2. The number of alkyl halides is 3. The monoisotopic (exact) mass is 522 g/mol. The first-order chi connectivity index (χ1) is 18.2. The number of aryl methyl sites for hydroxylation is 1. The number of nitrogens with one attached hydrogen (secondary N) is 1. The molecule has 3 aromatic carbocycles. The molecule has 0 atom stereocenters. The van der Waals surface area contributed by atoms with Gasteiger partial charge in [-0.2, -0.15) is 13.2 Å². The lowest BCUT2D eigenvalue weighted by molar-refractivity contribution is -0.140. The maximum atomic E-state index is 13.5. The van der Waals surface area contributed by atoms with Crippen molar-refractivity contribution >= 4 is 11.8 Å². The average Bonchev–Trinajstić information content (AvgIpc) is 2.93. The zero-order valence-corrected chi connectivity index (χ0v) is 21.3. The number of nitrogens with zero attached hydrogens (tertiary/aromatic N) is 1. The number of halogens is 3. The standard InChI is InChI=1S/C31H33F3N2O2/c32-31(33,34)27-13-7-12-25(22-27)16-19-35-29(38)30(23-26-10-5-2-6-11-26)17-20-36(21-18-30)28(37)15-14-24-8-3-1-4-9-24/h1-13,22H,14-21,23H2,(H,35,38). The predicted octanol–water partition coefficient (Wildman–Crippen LogP) is 5.85. The van der Waals surface area contributed by atoms with Crippen LogP contribution in [0.25, 0.3) is 0 Å². The normalized spacial score (nSPS) is 15.2. The molecule has 0 radical (unpaired) electrons. The third kappa shape index (κ3) is 7.24. The molecule has 1 heterocycles. The fourth-order valence-electron chi connectivity index (χ4n) is 5.12. The molecule has 1 N–H and O–H groups in total. The summed E-state index contributed by atoms with van der Waals surface area (Å²) in [6.45, 7) is 1.25. The molecule has 0 bridgehead atoms. The minimum Gasteiger partial charge on any atom is -0.355 e. The molecule has 4 rings (SSSR count). The number of carbonyl (C=O) groups excluding carboxylic acids is 2. The second-order valence-corrected chi connectivity index (χ2v) is 10.0. The zero-order chi connectivity index (χ0) is 27.0. The summed E-state index contributed by atoms with van der Waals surface area (Å²) in [5, 5.41) is 2.99. The summed E-state index contributed by atoms with van der Waals surface area (Å²) in [5.41, 5.74) is 1.33. The molecule has 3 aromatic rings. The van der Waals surface area contributed by atoms with Crippen LogP contribution in [0, 0.1) is 5.41 Å². The highest BCUT2D eigenvalue weighted by atomic mass is 19.4. The van der Waals surface area contributed by atoms with E-state index in [0.717, 1.165) is 23.3 Å². The Morgan fingerprint density at radius 3 is 2.03 bits per heavy atom. The van der Waals surface area contributed by atoms with Gasteiger partial charge in [-0.25, -0.2) is 0 Å². The van der Waals surface area contributed by atoms with E-state index < -0.39 is 17.2 Å². The average molecular weight is 523 g/mol. The molecule has 1 aliphatic heterocycles. The van der Waals surface area contributed by atoms with Gasteiger partial charge < -0.3 is 10.2 Å². The number of rotatable bonds is 9. The van der Waals surface area contributed by atoms with Crippen LogP contribution in [0.1, 0.15) is 41.5 Å². The fraction of sp³-hybridized carbons (Fsp3) is 0.355. The molecule has 1 saturated heterocycles. The molecule has 7 heteroatoms. The van der Waals surface area contributed by atoms with Crippen LogP contribution in [0.5, 0.6) is 0 Å². The quantitative estimate of drug-likeness (QED) is 0.383. The molecule has 1 fully saturated rings. The van der Waals surface area contributed by atoms with Crippen LogP contribution in [0.4, 0.5) is 13.2 Å². The number of likely N-dealkylation sites (tertiary alicyclic amines) is 1. The van der Waals surface area contributed by atoms with E-state index in [1.54, 1.807) is 6.07 Å². The lowest BCUT2D eigenvalue weighted by Gasteiger charge is -2.41. The molecule has 200 valence electrons. The minimum absolute atomic E-state index is 0.0899. The fourth-order valence-corrected chi connectivity index (χ4v) is 5.12. The molecule has 0 saturated carbocycles. The van der Waals surface area contributed by atoms with Gasteiger partial charge in [-0.05, 0) is 54.9 Å². The molecule has 38 heavy (non-hydrogen) atoms. The Balaban J connectivity index is 1.38. The first-order valence-corrected chi connectivity index (χ1v) is 13.1. The van der Waals surface area contributed by atoms with Crippen LogP contribution in [0.15, 0.2) is 84.9 Å². The number of hydrogen-bond acceptors (Lipinski definition) is 2. The maximum absolute atomic E-state index is 13.5. The Labute approximate surface area is 221 Å². The largest absolute Gasteiger partial charge is 0.416 e. The van der Waals surface area contributed by atoms with Gasteiger partial charge in [-0.1, -0.05) is 78.9 Å². The van der Waals surface area contributed by atoms with E-state index in [9.17, 15) is 22.8 Å². The van der Waals surface area contributed by atoms with Gasteiger partial charge in [0, 0.05) is 26.1 Å². The highest BCUT2D eigenvalue weighted by molar-refractivity contribution is 5.84. The van der Waals surface area contributed by atoms with Gasteiger partial charge in [0.15, 0.2) is 0 Å². The third-order valence-corrected chi connectivity index (χ3v) is 7.36. The van der Waals surface area contributed by atoms with Crippen molar-refractivity contribution in [3.05, 3.63) is 107 Å². The number of benzene rings is 3. The van der Waals surface area contributed by atoms with Crippen LogP contribution in [0.3, 0.4) is 0 Å².